The number of aliphatic imine (C=N–C) groups is 1. The van der Waals surface area contributed by atoms with Crippen LogP contribution in [0.25, 0.3) is 0 Å². The van der Waals surface area contributed by atoms with E-state index >= 15 is 0 Å². The summed E-state index contributed by atoms with van der Waals surface area (Å²) in [6, 6.07) is 6.34. The third kappa shape index (κ3) is 8.29. The molecule has 2 unspecified atom stereocenters. The Kier molecular flexibility index (Phi) is 11.7. The largest absolute Gasteiger partial charge is 0.488 e. The van der Waals surface area contributed by atoms with Crippen LogP contribution in [0.1, 0.15) is 36.8 Å². The normalized spacial score (nSPS) is 20.9. The molecule has 2 atom stereocenters. The molecular weight excluding hydrogens is 533 g/mol. The Bertz CT molecular complexity index is 783. The Labute approximate surface area is 215 Å². The fourth-order valence-electron chi connectivity index (χ4n) is 4.26. The zero-order chi connectivity index (χ0) is 22.9. The summed E-state index contributed by atoms with van der Waals surface area (Å²) in [4.78, 5) is 20.7. The molecule has 2 saturated heterocycles. The summed E-state index contributed by atoms with van der Waals surface area (Å²) in [6.45, 7) is 6.84. The monoisotopic (exact) mass is 573 g/mol. The number of carbonyl (C=O) groups excluding carboxylic acids is 1. The molecule has 2 aliphatic rings. The lowest BCUT2D eigenvalue weighted by atomic mass is 10.1. The number of benzene rings is 1. The van der Waals surface area contributed by atoms with Gasteiger partial charge >= 0.3 is 0 Å². The number of nitrogens with zero attached hydrogens (tertiary/aromatic N) is 3. The fraction of sp³-hybridized carbons (Fsp3) is 0.667. The molecule has 33 heavy (non-hydrogen) atoms. The average molecular weight is 574 g/mol. The number of rotatable bonds is 9. The number of halogens is 1. The lowest BCUT2D eigenvalue weighted by Crippen LogP contribution is -2.44. The second kappa shape index (κ2) is 14.0. The van der Waals surface area contributed by atoms with Crippen LogP contribution in [0.4, 0.5) is 0 Å². The summed E-state index contributed by atoms with van der Waals surface area (Å²) in [5.74, 6) is 1.89. The molecule has 0 spiro atoms. The number of aryl methyl sites for hydroxylation is 1. The fourth-order valence-corrected chi connectivity index (χ4v) is 4.26. The predicted octanol–water partition coefficient (Wildman–Crippen LogP) is 2.39. The maximum atomic E-state index is 12.3. The van der Waals surface area contributed by atoms with Gasteiger partial charge in [0.15, 0.2) is 5.96 Å². The summed E-state index contributed by atoms with van der Waals surface area (Å²) >= 11 is 0. The standard InChI is InChI=1S/C24H39N5O3.HI/c1-18-8-9-19(22(15-18)32-20-10-14-31-17-20)16-27-24(25-2)26-11-6-13-29-12-5-7-21(29)23(30)28(3)4;/h8-9,15,20-21H,5-7,10-14,16-17H2,1-4H3,(H2,25,26,27);1H. The second-order valence-corrected chi connectivity index (χ2v) is 8.85. The number of likely N-dealkylation sites (tertiary alicyclic amines) is 1. The molecule has 2 aliphatic heterocycles. The zero-order valence-corrected chi connectivity index (χ0v) is 22.8. The zero-order valence-electron chi connectivity index (χ0n) is 20.4. The SMILES string of the molecule is CN=C(NCCCN1CCCC1C(=O)N(C)C)NCc1ccc(C)cc1OC1CCOC1.I. The lowest BCUT2D eigenvalue weighted by molar-refractivity contribution is -0.133. The van der Waals surface area contributed by atoms with Gasteiger partial charge < -0.3 is 25.0 Å². The van der Waals surface area contributed by atoms with Crippen LogP contribution >= 0.6 is 24.0 Å². The molecule has 0 bridgehead atoms. The van der Waals surface area contributed by atoms with Gasteiger partial charge in [-0.25, -0.2) is 0 Å². The number of ether oxygens (including phenoxy) is 2. The highest BCUT2D eigenvalue weighted by Crippen LogP contribution is 2.24. The molecule has 0 saturated carbocycles. The first-order chi connectivity index (χ1) is 15.5. The number of carbonyl (C=O) groups is 1. The quantitative estimate of drug-likeness (QED) is 0.205. The summed E-state index contributed by atoms with van der Waals surface area (Å²) < 4.78 is 11.6. The maximum Gasteiger partial charge on any atom is 0.239 e. The highest BCUT2D eigenvalue weighted by atomic mass is 127. The van der Waals surface area contributed by atoms with Crippen molar-refractivity contribution in [3.05, 3.63) is 29.3 Å². The van der Waals surface area contributed by atoms with Gasteiger partial charge in [-0.15, -0.1) is 24.0 Å². The molecule has 1 amide bonds. The molecule has 8 nitrogen and oxygen atoms in total. The van der Waals surface area contributed by atoms with E-state index in [0.29, 0.717) is 13.2 Å². The van der Waals surface area contributed by atoms with Crippen LogP contribution in [0.3, 0.4) is 0 Å². The minimum Gasteiger partial charge on any atom is -0.488 e. The van der Waals surface area contributed by atoms with Crippen LogP contribution in [-0.2, 0) is 16.1 Å². The van der Waals surface area contributed by atoms with Crippen molar-refractivity contribution in [1.82, 2.24) is 20.4 Å². The van der Waals surface area contributed by atoms with Gasteiger partial charge in [-0.2, -0.15) is 0 Å². The van der Waals surface area contributed by atoms with Gasteiger partial charge in [-0.05, 0) is 44.4 Å². The first-order valence-corrected chi connectivity index (χ1v) is 11.7. The van der Waals surface area contributed by atoms with Crippen molar-refractivity contribution in [2.45, 2.75) is 51.3 Å². The smallest absolute Gasteiger partial charge is 0.239 e. The number of hydrogen-bond donors (Lipinski definition) is 2. The van der Waals surface area contributed by atoms with E-state index in [0.717, 1.165) is 69.2 Å². The van der Waals surface area contributed by atoms with Crippen LogP contribution in [0, 0.1) is 6.92 Å². The van der Waals surface area contributed by atoms with Gasteiger partial charge in [-0.3, -0.25) is 14.7 Å². The van der Waals surface area contributed by atoms with E-state index in [1.807, 2.05) is 14.1 Å². The third-order valence-corrected chi connectivity index (χ3v) is 6.08. The Morgan fingerprint density at radius 1 is 1.30 bits per heavy atom. The van der Waals surface area contributed by atoms with E-state index in [1.165, 1.54) is 5.56 Å². The molecule has 1 aromatic rings. The van der Waals surface area contributed by atoms with Gasteiger partial charge in [0.1, 0.15) is 11.9 Å². The van der Waals surface area contributed by atoms with Crippen molar-refractivity contribution in [2.75, 3.05) is 54.0 Å². The van der Waals surface area contributed by atoms with E-state index in [1.54, 1.807) is 11.9 Å². The van der Waals surface area contributed by atoms with Gasteiger partial charge in [0, 0.05) is 52.8 Å². The van der Waals surface area contributed by atoms with Gasteiger partial charge in [0.25, 0.3) is 0 Å². The van der Waals surface area contributed by atoms with Gasteiger partial charge in [0.05, 0.1) is 19.3 Å². The molecule has 1 aromatic carbocycles. The first-order valence-electron chi connectivity index (χ1n) is 11.7. The van der Waals surface area contributed by atoms with E-state index in [9.17, 15) is 4.79 Å². The van der Waals surface area contributed by atoms with Crippen molar-refractivity contribution < 1.29 is 14.3 Å². The highest BCUT2D eigenvalue weighted by molar-refractivity contribution is 14.0. The summed E-state index contributed by atoms with van der Waals surface area (Å²) in [5.41, 5.74) is 2.28. The van der Waals surface area contributed by atoms with Crippen molar-refractivity contribution >= 4 is 35.8 Å². The van der Waals surface area contributed by atoms with E-state index in [4.69, 9.17) is 9.47 Å². The van der Waals surface area contributed by atoms with E-state index in [2.05, 4.69) is 45.6 Å². The molecule has 0 radical (unpaired) electrons. The van der Waals surface area contributed by atoms with Crippen molar-refractivity contribution in [3.63, 3.8) is 0 Å². The lowest BCUT2D eigenvalue weighted by Gasteiger charge is -2.26. The Balaban J connectivity index is 0.00000385. The number of hydrogen-bond acceptors (Lipinski definition) is 5. The third-order valence-electron chi connectivity index (χ3n) is 6.08. The predicted molar refractivity (Wildman–Crippen MR) is 143 cm³/mol. The number of likely N-dealkylation sites (N-methyl/N-ethyl adjacent to an activating group) is 1. The Hall–Kier alpha value is -1.59. The first kappa shape index (κ1) is 27.7. The van der Waals surface area contributed by atoms with Crippen LogP contribution in [-0.4, -0.2) is 87.8 Å². The number of nitrogens with one attached hydrogen (secondary N) is 2. The molecule has 0 aliphatic carbocycles. The molecule has 2 fully saturated rings. The molecule has 2 heterocycles. The minimum absolute atomic E-state index is 0. The molecule has 9 heteroatoms. The van der Waals surface area contributed by atoms with Crippen molar-refractivity contribution in [2.24, 2.45) is 4.99 Å². The van der Waals surface area contributed by atoms with Crippen LogP contribution in [0.5, 0.6) is 5.75 Å². The molecule has 2 N–H and O–H groups in total. The Morgan fingerprint density at radius 3 is 2.82 bits per heavy atom. The number of guanidine groups is 1. The second-order valence-electron chi connectivity index (χ2n) is 8.85. The summed E-state index contributed by atoms with van der Waals surface area (Å²) in [5, 5.41) is 6.78. The van der Waals surface area contributed by atoms with Gasteiger partial charge in [-0.1, -0.05) is 12.1 Å². The van der Waals surface area contributed by atoms with Crippen LogP contribution in [0.15, 0.2) is 23.2 Å². The molecule has 0 aromatic heterocycles. The number of amides is 1. The highest BCUT2D eigenvalue weighted by Gasteiger charge is 2.31. The molecular formula is C24H40IN5O3. The minimum atomic E-state index is 0. The summed E-state index contributed by atoms with van der Waals surface area (Å²) in [7, 11) is 5.45. The van der Waals surface area contributed by atoms with E-state index < -0.39 is 0 Å². The molecule has 186 valence electrons. The molecule has 3 rings (SSSR count). The van der Waals surface area contributed by atoms with Crippen LogP contribution in [0.2, 0.25) is 0 Å². The van der Waals surface area contributed by atoms with Crippen LogP contribution < -0.4 is 15.4 Å². The van der Waals surface area contributed by atoms with Crippen molar-refractivity contribution in [3.8, 4) is 5.75 Å². The average Bonchev–Trinajstić information content (AvgIpc) is 3.45. The topological polar surface area (TPSA) is 78.4 Å². The Morgan fingerprint density at radius 2 is 2.12 bits per heavy atom. The maximum absolute atomic E-state index is 12.3. The van der Waals surface area contributed by atoms with Gasteiger partial charge in [0.2, 0.25) is 5.91 Å². The summed E-state index contributed by atoms with van der Waals surface area (Å²) in [6.07, 6.45) is 4.07. The van der Waals surface area contributed by atoms with Crippen molar-refractivity contribution in [1.29, 1.82) is 0 Å². The van der Waals surface area contributed by atoms with E-state index in [-0.39, 0.29) is 42.0 Å².